The molecule has 6 nitrogen and oxygen atoms in total. The zero-order valence-electron chi connectivity index (χ0n) is 14.1. The van der Waals surface area contributed by atoms with E-state index in [-0.39, 0.29) is 15.8 Å². The molecular formula is C17H24N2O4S2. The minimum atomic E-state index is -3.63. The van der Waals surface area contributed by atoms with Crippen LogP contribution in [0.4, 0.5) is 0 Å². The lowest BCUT2D eigenvalue weighted by Crippen LogP contribution is -2.27. The molecule has 2 N–H and O–H groups in total. The first kappa shape index (κ1) is 18.6. The Kier molecular flexibility index (Phi) is 5.62. The van der Waals surface area contributed by atoms with Gasteiger partial charge in [-0.2, -0.15) is 0 Å². The molecule has 0 amide bonds. The highest BCUT2D eigenvalue weighted by molar-refractivity contribution is 7.90. The molecule has 0 spiro atoms. The summed E-state index contributed by atoms with van der Waals surface area (Å²) < 4.78 is 54.0. The van der Waals surface area contributed by atoms with Crippen molar-refractivity contribution in [3.8, 4) is 0 Å². The molecule has 3 rings (SSSR count). The molecule has 0 radical (unpaired) electrons. The van der Waals surface area contributed by atoms with Crippen molar-refractivity contribution in [1.82, 2.24) is 9.44 Å². The van der Waals surface area contributed by atoms with Gasteiger partial charge in [-0.1, -0.05) is 11.6 Å². The van der Waals surface area contributed by atoms with Crippen LogP contribution in [0.15, 0.2) is 45.7 Å². The van der Waals surface area contributed by atoms with E-state index in [2.05, 4.69) is 15.5 Å². The van der Waals surface area contributed by atoms with Crippen LogP contribution in [0.2, 0.25) is 0 Å². The van der Waals surface area contributed by atoms with Crippen molar-refractivity contribution in [2.24, 2.45) is 0 Å². The van der Waals surface area contributed by atoms with Crippen LogP contribution in [-0.2, 0) is 20.0 Å². The van der Waals surface area contributed by atoms with E-state index in [0.29, 0.717) is 6.54 Å². The molecule has 0 bridgehead atoms. The summed E-state index contributed by atoms with van der Waals surface area (Å²) in [6, 6.07) is 5.36. The van der Waals surface area contributed by atoms with Gasteiger partial charge in [0.2, 0.25) is 20.0 Å². The highest BCUT2D eigenvalue weighted by atomic mass is 32.2. The number of nitrogens with one attached hydrogen (secondary N) is 2. The average molecular weight is 385 g/mol. The molecule has 2 aliphatic rings. The molecule has 25 heavy (non-hydrogen) atoms. The lowest BCUT2D eigenvalue weighted by atomic mass is 9.97. The summed E-state index contributed by atoms with van der Waals surface area (Å²) >= 11 is 0. The Hall–Kier alpha value is -1.22. The van der Waals surface area contributed by atoms with Gasteiger partial charge in [0.1, 0.15) is 0 Å². The summed E-state index contributed by atoms with van der Waals surface area (Å²) in [4.78, 5) is 0.168. The van der Waals surface area contributed by atoms with E-state index < -0.39 is 20.0 Å². The van der Waals surface area contributed by atoms with Gasteiger partial charge in [0.05, 0.1) is 9.79 Å². The molecule has 1 fully saturated rings. The molecule has 0 atom stereocenters. The first-order chi connectivity index (χ1) is 11.9. The Morgan fingerprint density at radius 2 is 1.56 bits per heavy atom. The monoisotopic (exact) mass is 384 g/mol. The highest BCUT2D eigenvalue weighted by Gasteiger charge is 2.28. The van der Waals surface area contributed by atoms with Crippen LogP contribution in [0.25, 0.3) is 0 Å². The highest BCUT2D eigenvalue weighted by Crippen LogP contribution is 2.23. The van der Waals surface area contributed by atoms with Crippen LogP contribution in [0.3, 0.4) is 0 Å². The van der Waals surface area contributed by atoms with Crippen LogP contribution in [0.5, 0.6) is 0 Å². The third-order valence-corrected chi connectivity index (χ3v) is 7.48. The van der Waals surface area contributed by atoms with Gasteiger partial charge in [0.15, 0.2) is 0 Å². The lowest BCUT2D eigenvalue weighted by molar-refractivity contribution is 0.576. The third kappa shape index (κ3) is 5.13. The zero-order valence-corrected chi connectivity index (χ0v) is 15.7. The van der Waals surface area contributed by atoms with Crippen molar-refractivity contribution in [3.05, 3.63) is 35.9 Å². The fraction of sp³-hybridized carbons (Fsp3) is 0.529. The van der Waals surface area contributed by atoms with Crippen LogP contribution in [-0.4, -0.2) is 29.4 Å². The number of sulfonamides is 2. The molecule has 1 aromatic rings. The molecule has 0 aliphatic heterocycles. The molecular weight excluding hydrogens is 360 g/mol. The number of hydrogen-bond acceptors (Lipinski definition) is 4. The van der Waals surface area contributed by atoms with E-state index in [4.69, 9.17) is 0 Å². The lowest BCUT2D eigenvalue weighted by Gasteiger charge is -2.13. The van der Waals surface area contributed by atoms with Gasteiger partial charge in [-0.05, 0) is 69.2 Å². The largest absolute Gasteiger partial charge is 0.240 e. The normalized spacial score (nSPS) is 18.8. The van der Waals surface area contributed by atoms with Gasteiger partial charge in [-0.15, -0.1) is 0 Å². The minimum Gasteiger partial charge on any atom is -0.211 e. The topological polar surface area (TPSA) is 92.3 Å². The maximum Gasteiger partial charge on any atom is 0.240 e. The Balaban J connectivity index is 1.60. The van der Waals surface area contributed by atoms with Gasteiger partial charge in [0, 0.05) is 12.6 Å². The maximum absolute atomic E-state index is 12.3. The summed E-state index contributed by atoms with van der Waals surface area (Å²) in [7, 11) is -7.19. The van der Waals surface area contributed by atoms with E-state index in [1.807, 2.05) is 0 Å². The van der Waals surface area contributed by atoms with Crippen molar-refractivity contribution in [1.29, 1.82) is 0 Å². The van der Waals surface area contributed by atoms with Gasteiger partial charge in [-0.25, -0.2) is 26.3 Å². The molecule has 0 aromatic heterocycles. The standard InChI is InChI=1S/C17H24N2O4S2/c20-24(21,18-13-12-14-4-2-1-3-5-14)16-8-10-17(11-9-16)25(22,23)19-15-6-7-15/h4,8-11,15,18-19H,1-3,5-7,12-13H2. The number of hydrogen-bond donors (Lipinski definition) is 2. The quantitative estimate of drug-likeness (QED) is 0.673. The van der Waals surface area contributed by atoms with Gasteiger partial charge >= 0.3 is 0 Å². The summed E-state index contributed by atoms with van der Waals surface area (Å²) in [6.07, 6.45) is 9.12. The van der Waals surface area contributed by atoms with Crippen molar-refractivity contribution in [2.75, 3.05) is 6.54 Å². The van der Waals surface area contributed by atoms with Gasteiger partial charge in [-0.3, -0.25) is 0 Å². The summed E-state index contributed by atoms with van der Waals surface area (Å²) in [5.74, 6) is 0. The minimum absolute atomic E-state index is 0.0177. The Labute approximate surface area is 149 Å². The first-order valence-corrected chi connectivity index (χ1v) is 11.6. The second-order valence-electron chi connectivity index (χ2n) is 6.62. The van der Waals surface area contributed by atoms with Crippen molar-refractivity contribution in [3.63, 3.8) is 0 Å². The van der Waals surface area contributed by atoms with Gasteiger partial charge < -0.3 is 0 Å². The average Bonchev–Trinajstić information content (AvgIpc) is 3.39. The second kappa shape index (κ2) is 7.57. The predicted octanol–water partition coefficient (Wildman–Crippen LogP) is 2.30. The third-order valence-electron chi connectivity index (χ3n) is 4.47. The maximum atomic E-state index is 12.3. The SMILES string of the molecule is O=S(=O)(NCCC1=CCCCC1)c1ccc(S(=O)(=O)NC2CC2)cc1. The molecule has 0 saturated heterocycles. The van der Waals surface area contributed by atoms with Crippen LogP contribution < -0.4 is 9.44 Å². The summed E-state index contributed by atoms with van der Waals surface area (Å²) in [5, 5.41) is 0. The Bertz CT molecular complexity index is 839. The second-order valence-corrected chi connectivity index (χ2v) is 10.1. The summed E-state index contributed by atoms with van der Waals surface area (Å²) in [6.45, 7) is 0.359. The van der Waals surface area contributed by atoms with Crippen molar-refractivity contribution in [2.45, 2.75) is 60.8 Å². The molecule has 1 aromatic carbocycles. The number of rotatable bonds is 8. The van der Waals surface area contributed by atoms with E-state index in [1.165, 1.54) is 42.7 Å². The predicted molar refractivity (Wildman–Crippen MR) is 96.1 cm³/mol. The number of benzene rings is 1. The fourth-order valence-electron chi connectivity index (χ4n) is 2.85. The fourth-order valence-corrected chi connectivity index (χ4v) is 5.18. The Morgan fingerprint density at radius 3 is 2.12 bits per heavy atom. The van der Waals surface area contributed by atoms with Crippen molar-refractivity contribution >= 4 is 20.0 Å². The van der Waals surface area contributed by atoms with Crippen LogP contribution in [0.1, 0.15) is 44.9 Å². The number of allylic oxidation sites excluding steroid dienone is 1. The molecule has 138 valence electrons. The van der Waals surface area contributed by atoms with Crippen LogP contribution in [0, 0.1) is 0 Å². The molecule has 1 saturated carbocycles. The zero-order chi connectivity index (χ0) is 17.9. The van der Waals surface area contributed by atoms with Crippen LogP contribution >= 0.6 is 0 Å². The van der Waals surface area contributed by atoms with E-state index in [0.717, 1.165) is 32.1 Å². The Morgan fingerprint density at radius 1 is 0.920 bits per heavy atom. The van der Waals surface area contributed by atoms with E-state index in [1.54, 1.807) is 0 Å². The van der Waals surface area contributed by atoms with Gasteiger partial charge in [0.25, 0.3) is 0 Å². The summed E-state index contributed by atoms with van der Waals surface area (Å²) in [5.41, 5.74) is 1.31. The van der Waals surface area contributed by atoms with Crippen molar-refractivity contribution < 1.29 is 16.8 Å². The molecule has 0 unspecified atom stereocenters. The molecule has 0 heterocycles. The molecule has 2 aliphatic carbocycles. The first-order valence-electron chi connectivity index (χ1n) is 8.67. The molecule has 8 heteroatoms. The van der Waals surface area contributed by atoms with E-state index >= 15 is 0 Å². The smallest absolute Gasteiger partial charge is 0.211 e. The van der Waals surface area contributed by atoms with E-state index in [9.17, 15) is 16.8 Å².